The summed E-state index contributed by atoms with van der Waals surface area (Å²) in [5.41, 5.74) is 5.87. The molecule has 1 fully saturated rings. The molecule has 7 nitrogen and oxygen atoms in total. The quantitative estimate of drug-likeness (QED) is 0.534. The largest absolute Gasteiger partial charge is 0.372 e. The predicted molar refractivity (Wildman–Crippen MR) is 124 cm³/mol. The summed E-state index contributed by atoms with van der Waals surface area (Å²) in [6.07, 6.45) is 4.19. The van der Waals surface area contributed by atoms with Gasteiger partial charge in [0.15, 0.2) is 0 Å². The van der Waals surface area contributed by atoms with Crippen molar-refractivity contribution in [3.05, 3.63) is 60.9 Å². The zero-order valence-corrected chi connectivity index (χ0v) is 18.0. The van der Waals surface area contributed by atoms with E-state index in [0.717, 1.165) is 46.9 Å². The Bertz CT molecular complexity index is 1210. The van der Waals surface area contributed by atoms with Crippen molar-refractivity contribution in [1.29, 1.82) is 0 Å². The lowest BCUT2D eigenvalue weighted by molar-refractivity contribution is -0.00521. The lowest BCUT2D eigenvalue weighted by Gasteiger charge is -2.37. The second-order valence-corrected chi connectivity index (χ2v) is 8.17. The highest BCUT2D eigenvalue weighted by molar-refractivity contribution is 5.78. The minimum absolute atomic E-state index is 0.225. The first-order valence-corrected chi connectivity index (χ1v) is 10.6. The number of aromatic nitrogens is 4. The number of rotatable bonds is 4. The van der Waals surface area contributed by atoms with Crippen LogP contribution in [0.3, 0.4) is 0 Å². The van der Waals surface area contributed by atoms with E-state index < -0.39 is 0 Å². The van der Waals surface area contributed by atoms with Crippen molar-refractivity contribution < 1.29 is 4.74 Å². The van der Waals surface area contributed by atoms with Crippen molar-refractivity contribution in [2.45, 2.75) is 26.1 Å². The van der Waals surface area contributed by atoms with Gasteiger partial charge in [0.1, 0.15) is 16.9 Å². The fourth-order valence-electron chi connectivity index (χ4n) is 4.16. The highest BCUT2D eigenvalue weighted by Crippen LogP contribution is 2.27. The molecule has 0 aliphatic carbocycles. The van der Waals surface area contributed by atoms with E-state index in [0.29, 0.717) is 0 Å². The fraction of sp³-hybridized carbons (Fsp3) is 0.292. The Morgan fingerprint density at radius 3 is 2.68 bits per heavy atom. The summed E-state index contributed by atoms with van der Waals surface area (Å²) in [5.74, 6) is 0.784. The molecule has 3 aromatic heterocycles. The molecule has 2 atom stereocenters. The molecule has 4 heterocycles. The van der Waals surface area contributed by atoms with Gasteiger partial charge in [-0.3, -0.25) is 4.68 Å². The lowest BCUT2D eigenvalue weighted by Crippen LogP contribution is -2.45. The van der Waals surface area contributed by atoms with Gasteiger partial charge in [-0.05, 0) is 56.3 Å². The summed E-state index contributed by atoms with van der Waals surface area (Å²) in [6.45, 7) is 6.03. The molecule has 158 valence electrons. The Kier molecular flexibility index (Phi) is 5.03. The Balaban J connectivity index is 1.38. The maximum absolute atomic E-state index is 5.87. The molecule has 0 saturated carbocycles. The molecule has 0 radical (unpaired) electrons. The molecule has 0 bridgehead atoms. The van der Waals surface area contributed by atoms with Crippen LogP contribution in [0.4, 0.5) is 17.2 Å². The van der Waals surface area contributed by atoms with Crippen molar-refractivity contribution >= 4 is 28.2 Å². The first kappa shape index (κ1) is 19.5. The highest BCUT2D eigenvalue weighted by atomic mass is 16.5. The predicted octanol–water partition coefficient (Wildman–Crippen LogP) is 4.39. The minimum Gasteiger partial charge on any atom is -0.372 e. The van der Waals surface area contributed by atoms with Crippen molar-refractivity contribution in [3.63, 3.8) is 0 Å². The van der Waals surface area contributed by atoms with Gasteiger partial charge >= 0.3 is 0 Å². The first-order valence-electron chi connectivity index (χ1n) is 10.6. The lowest BCUT2D eigenvalue weighted by atomic mass is 10.1. The molecule has 7 heteroatoms. The van der Waals surface area contributed by atoms with Crippen LogP contribution < -0.4 is 10.2 Å². The maximum atomic E-state index is 5.87. The molecule has 0 unspecified atom stereocenters. The summed E-state index contributed by atoms with van der Waals surface area (Å²) in [6, 6.07) is 16.4. The van der Waals surface area contributed by atoms with Crippen LogP contribution in [0, 0.1) is 0 Å². The van der Waals surface area contributed by atoms with Gasteiger partial charge in [-0.25, -0.2) is 9.97 Å². The number of benzene rings is 1. The number of hydrogen-bond donors (Lipinski definition) is 1. The van der Waals surface area contributed by atoms with E-state index in [1.165, 1.54) is 5.69 Å². The summed E-state index contributed by atoms with van der Waals surface area (Å²) >= 11 is 0. The van der Waals surface area contributed by atoms with Gasteiger partial charge in [0.2, 0.25) is 0 Å². The van der Waals surface area contributed by atoms with Crippen LogP contribution in [-0.2, 0) is 11.8 Å². The van der Waals surface area contributed by atoms with E-state index in [2.05, 4.69) is 58.4 Å². The zero-order valence-electron chi connectivity index (χ0n) is 18.0. The van der Waals surface area contributed by atoms with Gasteiger partial charge in [0.25, 0.3) is 0 Å². The molecule has 1 N–H and O–H groups in total. The molecule has 0 amide bonds. The fourth-order valence-corrected chi connectivity index (χ4v) is 4.16. The van der Waals surface area contributed by atoms with E-state index in [4.69, 9.17) is 9.72 Å². The van der Waals surface area contributed by atoms with E-state index in [-0.39, 0.29) is 12.2 Å². The third kappa shape index (κ3) is 4.22. The molecular formula is C24H26N6O. The number of nitrogens with zero attached hydrogens (tertiary/aromatic N) is 5. The number of morpholine rings is 1. The highest BCUT2D eigenvalue weighted by Gasteiger charge is 2.22. The van der Waals surface area contributed by atoms with Crippen molar-refractivity contribution in [2.75, 3.05) is 23.3 Å². The number of anilines is 3. The van der Waals surface area contributed by atoms with Crippen LogP contribution in [0.2, 0.25) is 0 Å². The SMILES string of the molecule is C[C@@H]1CN(c2cccc(Nc3cc(-c4ccc5nn(C)cc5n4)ccn3)c2)C[C@H](C)O1. The van der Waals surface area contributed by atoms with Crippen LogP contribution in [0.25, 0.3) is 22.3 Å². The van der Waals surface area contributed by atoms with Crippen LogP contribution in [0.1, 0.15) is 13.8 Å². The van der Waals surface area contributed by atoms with Gasteiger partial charge in [0, 0.05) is 43.3 Å². The standard InChI is InChI=1S/C24H26N6O/c1-16-13-30(14-17(2)31-16)20-6-4-5-19(12-20)26-24-11-18(9-10-25-24)21-7-8-22-23(27-21)15-29(3)28-22/h4-12,15-17H,13-14H2,1-3H3,(H,25,26)/t16-,17+. The van der Waals surface area contributed by atoms with Gasteiger partial charge < -0.3 is 15.0 Å². The summed E-state index contributed by atoms with van der Waals surface area (Å²) in [4.78, 5) is 11.6. The Labute approximate surface area is 181 Å². The number of hydrogen-bond acceptors (Lipinski definition) is 6. The molecule has 1 aromatic carbocycles. The number of ether oxygens (including phenoxy) is 1. The number of aryl methyl sites for hydroxylation is 1. The number of nitrogens with one attached hydrogen (secondary N) is 1. The van der Waals surface area contributed by atoms with Gasteiger partial charge in [0.05, 0.1) is 24.1 Å². The second kappa shape index (κ2) is 8.00. The number of fused-ring (bicyclic) bond motifs is 1. The average Bonchev–Trinajstić information content (AvgIpc) is 3.13. The van der Waals surface area contributed by atoms with Gasteiger partial charge in [-0.1, -0.05) is 6.07 Å². The van der Waals surface area contributed by atoms with Crippen molar-refractivity contribution in [2.24, 2.45) is 7.05 Å². The molecule has 5 rings (SSSR count). The van der Waals surface area contributed by atoms with E-state index in [1.807, 2.05) is 43.7 Å². The monoisotopic (exact) mass is 414 g/mol. The van der Waals surface area contributed by atoms with Crippen LogP contribution in [0.15, 0.2) is 60.9 Å². The van der Waals surface area contributed by atoms with E-state index >= 15 is 0 Å². The van der Waals surface area contributed by atoms with Gasteiger partial charge in [-0.15, -0.1) is 0 Å². The average molecular weight is 415 g/mol. The number of pyridine rings is 2. The van der Waals surface area contributed by atoms with Crippen molar-refractivity contribution in [3.8, 4) is 11.3 Å². The first-order chi connectivity index (χ1) is 15.0. The molecule has 1 aliphatic heterocycles. The van der Waals surface area contributed by atoms with Crippen LogP contribution in [-0.4, -0.2) is 45.0 Å². The van der Waals surface area contributed by atoms with Crippen LogP contribution >= 0.6 is 0 Å². The van der Waals surface area contributed by atoms with Crippen LogP contribution in [0.5, 0.6) is 0 Å². The minimum atomic E-state index is 0.225. The Morgan fingerprint density at radius 1 is 1.00 bits per heavy atom. The van der Waals surface area contributed by atoms with E-state index in [1.54, 1.807) is 4.68 Å². The molecule has 0 spiro atoms. The zero-order chi connectivity index (χ0) is 21.4. The summed E-state index contributed by atoms with van der Waals surface area (Å²) < 4.78 is 7.65. The Morgan fingerprint density at radius 2 is 1.84 bits per heavy atom. The second-order valence-electron chi connectivity index (χ2n) is 8.17. The molecule has 4 aromatic rings. The summed E-state index contributed by atoms with van der Waals surface area (Å²) in [5, 5.41) is 7.84. The summed E-state index contributed by atoms with van der Waals surface area (Å²) in [7, 11) is 1.90. The Hall–Kier alpha value is -3.45. The van der Waals surface area contributed by atoms with Crippen molar-refractivity contribution in [1.82, 2.24) is 19.7 Å². The maximum Gasteiger partial charge on any atom is 0.130 e. The molecular weight excluding hydrogens is 388 g/mol. The molecule has 31 heavy (non-hydrogen) atoms. The third-order valence-electron chi connectivity index (χ3n) is 5.44. The normalized spacial score (nSPS) is 19.0. The van der Waals surface area contributed by atoms with Gasteiger partial charge in [-0.2, -0.15) is 5.10 Å². The smallest absolute Gasteiger partial charge is 0.130 e. The molecule has 1 aliphatic rings. The van der Waals surface area contributed by atoms with E-state index in [9.17, 15) is 0 Å². The third-order valence-corrected chi connectivity index (χ3v) is 5.44. The molecule has 1 saturated heterocycles. The topological polar surface area (TPSA) is 68.1 Å².